The van der Waals surface area contributed by atoms with Crippen LogP contribution >= 0.6 is 24.0 Å². The van der Waals surface area contributed by atoms with Crippen molar-refractivity contribution in [2.45, 2.75) is 12.8 Å². The van der Waals surface area contributed by atoms with E-state index < -0.39 is 10.0 Å². The lowest BCUT2D eigenvalue weighted by molar-refractivity contribution is 0.591. The van der Waals surface area contributed by atoms with Crippen LogP contribution in [0.5, 0.6) is 0 Å². The molecule has 1 aliphatic rings. The summed E-state index contributed by atoms with van der Waals surface area (Å²) in [6, 6.07) is 14.1. The van der Waals surface area contributed by atoms with E-state index in [0.717, 1.165) is 23.2 Å². The van der Waals surface area contributed by atoms with E-state index in [-0.39, 0.29) is 42.1 Å². The highest BCUT2D eigenvalue weighted by molar-refractivity contribution is 14.0. The molecule has 0 amide bonds. The van der Waals surface area contributed by atoms with Crippen LogP contribution in [0.3, 0.4) is 0 Å². The molecule has 0 fully saturated rings. The second kappa shape index (κ2) is 10.8. The lowest BCUT2D eigenvalue weighted by Crippen LogP contribution is -2.42. The number of halogens is 2. The lowest BCUT2D eigenvalue weighted by atomic mass is 10.1. The van der Waals surface area contributed by atoms with Gasteiger partial charge in [-0.25, -0.2) is 12.8 Å². The van der Waals surface area contributed by atoms with Crippen LogP contribution in [-0.2, 0) is 22.9 Å². The first-order valence-electron chi connectivity index (χ1n) is 9.27. The lowest BCUT2D eigenvalue weighted by Gasteiger charge is -2.20. The summed E-state index contributed by atoms with van der Waals surface area (Å²) < 4.78 is 40.1. The third kappa shape index (κ3) is 6.30. The van der Waals surface area contributed by atoms with Crippen LogP contribution in [0.25, 0.3) is 0 Å². The summed E-state index contributed by atoms with van der Waals surface area (Å²) in [6.45, 7) is 1.30. The molecule has 2 N–H and O–H groups in total. The molecule has 0 aromatic heterocycles. The van der Waals surface area contributed by atoms with Gasteiger partial charge in [0.1, 0.15) is 5.82 Å². The van der Waals surface area contributed by atoms with Crippen LogP contribution in [0.1, 0.15) is 11.1 Å². The minimum Gasteiger partial charge on any atom is -0.356 e. The zero-order chi connectivity index (χ0) is 20.0. The highest BCUT2D eigenvalue weighted by atomic mass is 127. The number of rotatable bonds is 7. The Labute approximate surface area is 188 Å². The molecule has 1 aliphatic heterocycles. The topological polar surface area (TPSA) is 73.8 Å². The molecule has 158 valence electrons. The van der Waals surface area contributed by atoms with Gasteiger partial charge in [0.2, 0.25) is 10.0 Å². The molecule has 0 bridgehead atoms. The van der Waals surface area contributed by atoms with Gasteiger partial charge in [-0.3, -0.25) is 9.30 Å². The second-order valence-electron chi connectivity index (χ2n) is 6.57. The maximum Gasteiger partial charge on any atom is 0.236 e. The van der Waals surface area contributed by atoms with Crippen molar-refractivity contribution in [1.82, 2.24) is 10.6 Å². The van der Waals surface area contributed by atoms with Crippen molar-refractivity contribution >= 4 is 45.6 Å². The SMILES string of the molecule is CN=C(NCCc1cccc(F)c1)NCCS(=O)(=O)N1CCc2ccccc21.I. The number of sulfonamides is 1. The molecule has 0 unspecified atom stereocenters. The van der Waals surface area contributed by atoms with E-state index in [1.54, 1.807) is 13.1 Å². The third-order valence-electron chi connectivity index (χ3n) is 4.65. The van der Waals surface area contributed by atoms with Gasteiger partial charge in [0.15, 0.2) is 5.96 Å². The number of para-hydroxylation sites is 1. The maximum absolute atomic E-state index is 13.2. The summed E-state index contributed by atoms with van der Waals surface area (Å²) in [5.74, 6) is 0.244. The number of nitrogens with zero attached hydrogens (tertiary/aromatic N) is 2. The Hall–Kier alpha value is -1.88. The summed E-state index contributed by atoms with van der Waals surface area (Å²) in [7, 11) is -1.77. The Balaban J connectivity index is 0.00000300. The summed E-state index contributed by atoms with van der Waals surface area (Å²) in [6.07, 6.45) is 1.38. The molecule has 0 spiro atoms. The Morgan fingerprint density at radius 3 is 2.66 bits per heavy atom. The van der Waals surface area contributed by atoms with Gasteiger partial charge in [-0.05, 0) is 42.2 Å². The molecule has 0 radical (unpaired) electrons. The third-order valence-corrected chi connectivity index (χ3v) is 6.42. The van der Waals surface area contributed by atoms with Crippen LogP contribution in [0.4, 0.5) is 10.1 Å². The van der Waals surface area contributed by atoms with E-state index in [1.807, 2.05) is 30.3 Å². The van der Waals surface area contributed by atoms with Crippen LogP contribution in [0.2, 0.25) is 0 Å². The van der Waals surface area contributed by atoms with E-state index in [1.165, 1.54) is 16.4 Å². The van der Waals surface area contributed by atoms with Crippen molar-refractivity contribution in [3.63, 3.8) is 0 Å². The second-order valence-corrected chi connectivity index (χ2v) is 8.59. The summed E-state index contributed by atoms with van der Waals surface area (Å²) >= 11 is 0. The molecule has 0 saturated carbocycles. The van der Waals surface area contributed by atoms with Gasteiger partial charge in [0.05, 0.1) is 11.4 Å². The monoisotopic (exact) mass is 532 g/mol. The van der Waals surface area contributed by atoms with Crippen LogP contribution < -0.4 is 14.9 Å². The normalized spacial score (nSPS) is 13.6. The van der Waals surface area contributed by atoms with Crippen LogP contribution in [0.15, 0.2) is 53.5 Å². The van der Waals surface area contributed by atoms with Crippen LogP contribution in [-0.4, -0.2) is 46.8 Å². The Morgan fingerprint density at radius 2 is 1.90 bits per heavy atom. The number of hydrogen-bond donors (Lipinski definition) is 2. The van der Waals surface area contributed by atoms with Crippen LogP contribution in [0, 0.1) is 5.82 Å². The molecule has 1 heterocycles. The van der Waals surface area contributed by atoms with Gasteiger partial charge in [0.25, 0.3) is 0 Å². The standard InChI is InChI=1S/C20H25FN4O2S.HI/c1-22-20(23-11-9-16-5-4-7-18(21)15-16)24-12-14-28(26,27)25-13-10-17-6-2-3-8-19(17)25;/h2-8,15H,9-14H2,1H3,(H2,22,23,24);1H. The first-order chi connectivity index (χ1) is 13.5. The molecule has 0 aliphatic carbocycles. The Bertz CT molecular complexity index is 953. The van der Waals surface area contributed by atoms with Crippen molar-refractivity contribution in [3.05, 3.63) is 65.5 Å². The molecule has 2 aromatic carbocycles. The van der Waals surface area contributed by atoms with Crippen molar-refractivity contribution in [2.24, 2.45) is 4.99 Å². The maximum atomic E-state index is 13.2. The minimum absolute atomic E-state index is 0. The summed E-state index contributed by atoms with van der Waals surface area (Å²) in [5, 5.41) is 6.15. The summed E-state index contributed by atoms with van der Waals surface area (Å²) in [5.41, 5.74) is 2.73. The number of fused-ring (bicyclic) bond motifs is 1. The molecule has 9 heteroatoms. The van der Waals surface area contributed by atoms with E-state index in [4.69, 9.17) is 0 Å². The van der Waals surface area contributed by atoms with Gasteiger partial charge < -0.3 is 10.6 Å². The zero-order valence-electron chi connectivity index (χ0n) is 16.3. The van der Waals surface area contributed by atoms with Crippen molar-refractivity contribution in [2.75, 3.05) is 36.7 Å². The largest absolute Gasteiger partial charge is 0.356 e. The van der Waals surface area contributed by atoms with E-state index >= 15 is 0 Å². The molecule has 0 saturated heterocycles. The number of anilines is 1. The Kier molecular flexibility index (Phi) is 8.69. The van der Waals surface area contributed by atoms with Gasteiger partial charge >= 0.3 is 0 Å². The number of benzene rings is 2. The highest BCUT2D eigenvalue weighted by Gasteiger charge is 2.28. The summed E-state index contributed by atoms with van der Waals surface area (Å²) in [4.78, 5) is 4.10. The highest BCUT2D eigenvalue weighted by Crippen LogP contribution is 2.29. The Morgan fingerprint density at radius 1 is 1.14 bits per heavy atom. The first kappa shape index (κ1) is 23.4. The predicted octanol–water partition coefficient (Wildman–Crippen LogP) is 2.54. The molecule has 2 aromatic rings. The fourth-order valence-corrected chi connectivity index (χ4v) is 4.67. The molecule has 6 nitrogen and oxygen atoms in total. The molecule has 0 atom stereocenters. The fraction of sp³-hybridized carbons (Fsp3) is 0.350. The molecular formula is C20H26FIN4O2S. The van der Waals surface area contributed by atoms with Crippen molar-refractivity contribution in [1.29, 1.82) is 0 Å². The fourth-order valence-electron chi connectivity index (χ4n) is 3.24. The van der Waals surface area contributed by atoms with Gasteiger partial charge in [0, 0.05) is 26.7 Å². The predicted molar refractivity (Wildman–Crippen MR) is 126 cm³/mol. The smallest absolute Gasteiger partial charge is 0.236 e. The molecule has 29 heavy (non-hydrogen) atoms. The number of nitrogens with one attached hydrogen (secondary N) is 2. The number of hydrogen-bond acceptors (Lipinski definition) is 3. The van der Waals surface area contributed by atoms with Gasteiger partial charge in [-0.1, -0.05) is 30.3 Å². The van der Waals surface area contributed by atoms with Gasteiger partial charge in [-0.2, -0.15) is 0 Å². The minimum atomic E-state index is -3.40. The average molecular weight is 532 g/mol. The molecular weight excluding hydrogens is 506 g/mol. The molecule has 3 rings (SSSR count). The number of aliphatic imine (C=N–C) groups is 1. The van der Waals surface area contributed by atoms with Crippen molar-refractivity contribution in [3.8, 4) is 0 Å². The average Bonchev–Trinajstić information content (AvgIpc) is 3.12. The van der Waals surface area contributed by atoms with E-state index in [2.05, 4.69) is 15.6 Å². The van der Waals surface area contributed by atoms with Crippen molar-refractivity contribution < 1.29 is 12.8 Å². The first-order valence-corrected chi connectivity index (χ1v) is 10.9. The number of guanidine groups is 1. The van der Waals surface area contributed by atoms with Gasteiger partial charge in [-0.15, -0.1) is 24.0 Å². The quantitative estimate of drug-likeness (QED) is 0.327. The van der Waals surface area contributed by atoms with E-state index in [0.29, 0.717) is 25.5 Å². The zero-order valence-corrected chi connectivity index (χ0v) is 19.4. The van der Waals surface area contributed by atoms with E-state index in [9.17, 15) is 12.8 Å².